The molecule has 1 aliphatic rings. The second kappa shape index (κ2) is 6.49. The zero-order valence-corrected chi connectivity index (χ0v) is 14.7. The van der Waals surface area contributed by atoms with Crippen LogP contribution < -0.4 is 5.32 Å². The first-order valence-corrected chi connectivity index (χ1v) is 9.11. The Hall–Kier alpha value is -2.80. The fourth-order valence-corrected chi connectivity index (χ4v) is 4.35. The van der Waals surface area contributed by atoms with E-state index in [0.29, 0.717) is 18.1 Å². The molecule has 0 bridgehead atoms. The molecule has 1 unspecified atom stereocenters. The van der Waals surface area contributed by atoms with Gasteiger partial charge in [0.2, 0.25) is 11.8 Å². The van der Waals surface area contributed by atoms with Crippen LogP contribution in [0.15, 0.2) is 43.0 Å². The minimum absolute atomic E-state index is 0.236. The number of hydrogen-bond acceptors (Lipinski definition) is 4. The van der Waals surface area contributed by atoms with Crippen LogP contribution >= 0.6 is 11.3 Å². The molecule has 0 radical (unpaired) electrons. The highest BCUT2D eigenvalue weighted by Crippen LogP contribution is 2.33. The van der Waals surface area contributed by atoms with Crippen LogP contribution in [0.2, 0.25) is 0 Å². The van der Waals surface area contributed by atoms with Crippen molar-refractivity contribution in [3.05, 3.63) is 48.8 Å². The van der Waals surface area contributed by atoms with Crippen molar-refractivity contribution in [2.24, 2.45) is 0 Å². The molecule has 26 heavy (non-hydrogen) atoms. The molecule has 132 valence electrons. The molecule has 2 amide bonds. The van der Waals surface area contributed by atoms with Crippen molar-refractivity contribution in [3.63, 3.8) is 0 Å². The van der Waals surface area contributed by atoms with Gasteiger partial charge in [-0.2, -0.15) is 0 Å². The number of rotatable bonds is 3. The third kappa shape index (κ3) is 2.84. The highest BCUT2D eigenvalue weighted by atomic mass is 32.1. The Balaban J connectivity index is 1.63. The average molecular weight is 369 g/mol. The van der Waals surface area contributed by atoms with E-state index in [0.717, 1.165) is 27.4 Å². The lowest BCUT2D eigenvalue weighted by molar-refractivity contribution is -0.132. The number of benzene rings is 2. The second-order valence-corrected chi connectivity index (χ2v) is 7.18. The molecule has 1 N–H and O–H groups in total. The predicted octanol–water partition coefficient (Wildman–Crippen LogP) is 3.70. The zero-order chi connectivity index (χ0) is 18.3. The van der Waals surface area contributed by atoms with Crippen LogP contribution in [0, 0.1) is 5.82 Å². The number of carbonyl (C=O) groups is 2. The van der Waals surface area contributed by atoms with Crippen LogP contribution in [0.1, 0.15) is 12.8 Å². The maximum absolute atomic E-state index is 13.4. The molecule has 1 saturated heterocycles. The van der Waals surface area contributed by atoms with Gasteiger partial charge in [-0.3, -0.25) is 9.59 Å². The molecule has 2 heterocycles. The van der Waals surface area contributed by atoms with Gasteiger partial charge < -0.3 is 10.2 Å². The number of hydrogen-bond donors (Lipinski definition) is 1. The topological polar surface area (TPSA) is 62.3 Å². The van der Waals surface area contributed by atoms with Gasteiger partial charge in [-0.1, -0.05) is 24.0 Å². The molecule has 1 aliphatic heterocycles. The molecule has 4 rings (SSSR count). The Morgan fingerprint density at radius 1 is 1.35 bits per heavy atom. The van der Waals surface area contributed by atoms with Gasteiger partial charge in [0.05, 0.1) is 10.2 Å². The van der Waals surface area contributed by atoms with Gasteiger partial charge in [-0.15, -0.1) is 0 Å². The number of halogens is 1. The summed E-state index contributed by atoms with van der Waals surface area (Å²) in [4.78, 5) is 30.5. The van der Waals surface area contributed by atoms with E-state index >= 15 is 0 Å². The largest absolute Gasteiger partial charge is 0.327 e. The predicted molar refractivity (Wildman–Crippen MR) is 101 cm³/mol. The minimum Gasteiger partial charge on any atom is -0.327 e. The number of aromatic nitrogens is 1. The maximum Gasteiger partial charge on any atom is 0.248 e. The number of amides is 2. The maximum atomic E-state index is 13.4. The van der Waals surface area contributed by atoms with Gasteiger partial charge in [0, 0.05) is 11.9 Å². The molecule has 0 aliphatic carbocycles. The van der Waals surface area contributed by atoms with E-state index in [1.807, 2.05) is 12.1 Å². The number of likely N-dealkylation sites (tertiary alicyclic amines) is 1. The van der Waals surface area contributed by atoms with E-state index in [9.17, 15) is 14.0 Å². The summed E-state index contributed by atoms with van der Waals surface area (Å²) in [5.74, 6) is -0.768. The fourth-order valence-electron chi connectivity index (χ4n) is 3.35. The van der Waals surface area contributed by atoms with E-state index in [4.69, 9.17) is 0 Å². The van der Waals surface area contributed by atoms with Crippen LogP contribution in [0.3, 0.4) is 0 Å². The molecular weight excluding hydrogens is 353 g/mol. The summed E-state index contributed by atoms with van der Waals surface area (Å²) in [6.45, 7) is 4.04. The summed E-state index contributed by atoms with van der Waals surface area (Å²) in [7, 11) is 0. The van der Waals surface area contributed by atoms with Crippen LogP contribution in [0.4, 0.5) is 9.52 Å². The van der Waals surface area contributed by atoms with Crippen LogP contribution in [0.5, 0.6) is 0 Å². The lowest BCUT2D eigenvalue weighted by atomic mass is 10.1. The van der Waals surface area contributed by atoms with Crippen molar-refractivity contribution in [2.75, 3.05) is 11.9 Å². The van der Waals surface area contributed by atoms with E-state index in [2.05, 4.69) is 16.9 Å². The summed E-state index contributed by atoms with van der Waals surface area (Å²) in [6, 6.07) is 7.73. The highest BCUT2D eigenvalue weighted by molar-refractivity contribution is 7.23. The molecule has 5 nitrogen and oxygen atoms in total. The Labute approximate surface area is 153 Å². The Morgan fingerprint density at radius 2 is 2.19 bits per heavy atom. The first-order chi connectivity index (χ1) is 12.6. The van der Waals surface area contributed by atoms with Gasteiger partial charge in [0.15, 0.2) is 5.13 Å². The van der Waals surface area contributed by atoms with Crippen LogP contribution in [-0.2, 0) is 9.59 Å². The Morgan fingerprint density at radius 3 is 3.00 bits per heavy atom. The van der Waals surface area contributed by atoms with Crippen molar-refractivity contribution in [3.8, 4) is 0 Å². The van der Waals surface area contributed by atoms with E-state index < -0.39 is 6.04 Å². The monoisotopic (exact) mass is 369 g/mol. The average Bonchev–Trinajstić information content (AvgIpc) is 3.27. The van der Waals surface area contributed by atoms with E-state index in [1.54, 1.807) is 6.07 Å². The number of anilines is 1. The fraction of sp³-hybridized carbons (Fsp3) is 0.211. The van der Waals surface area contributed by atoms with Crippen LogP contribution in [-0.4, -0.2) is 34.3 Å². The minimum atomic E-state index is -0.502. The van der Waals surface area contributed by atoms with Crippen molar-refractivity contribution < 1.29 is 14.0 Å². The smallest absolute Gasteiger partial charge is 0.248 e. The number of nitrogens with one attached hydrogen (secondary N) is 1. The van der Waals surface area contributed by atoms with E-state index in [-0.39, 0.29) is 17.6 Å². The van der Waals surface area contributed by atoms with Crippen molar-refractivity contribution in [1.82, 2.24) is 9.88 Å². The van der Waals surface area contributed by atoms with Crippen molar-refractivity contribution in [1.29, 1.82) is 0 Å². The van der Waals surface area contributed by atoms with Crippen LogP contribution in [0.25, 0.3) is 21.0 Å². The van der Waals surface area contributed by atoms with Gasteiger partial charge in [0.1, 0.15) is 11.9 Å². The summed E-state index contributed by atoms with van der Waals surface area (Å²) < 4.78 is 14.3. The molecule has 7 heteroatoms. The molecule has 1 atom stereocenters. The van der Waals surface area contributed by atoms with Crippen molar-refractivity contribution >= 4 is 49.3 Å². The first-order valence-electron chi connectivity index (χ1n) is 8.29. The standard InChI is InChI=1S/C19H16FN3O2S/c1-2-16(24)23-9-3-4-15(23)18(25)22-19-21-14-8-5-11-10-12(20)6-7-13(11)17(14)26-19/h2,5-8,10,15H,1,3-4,9H2,(H,21,22,25). The molecule has 0 saturated carbocycles. The Kier molecular flexibility index (Phi) is 4.16. The van der Waals surface area contributed by atoms with Gasteiger partial charge in [-0.05, 0) is 48.6 Å². The normalized spacial score (nSPS) is 17.0. The molecule has 1 aromatic heterocycles. The first kappa shape index (κ1) is 16.7. The lowest BCUT2D eigenvalue weighted by Gasteiger charge is -2.21. The van der Waals surface area contributed by atoms with Gasteiger partial charge in [-0.25, -0.2) is 9.37 Å². The lowest BCUT2D eigenvalue weighted by Crippen LogP contribution is -2.42. The number of nitrogens with zero attached hydrogens (tertiary/aromatic N) is 2. The molecule has 0 spiro atoms. The SMILES string of the molecule is C=CC(=O)N1CCCC1C(=O)Nc1nc2ccc3cc(F)ccc3c2s1. The third-order valence-corrected chi connectivity index (χ3v) is 5.60. The third-order valence-electron chi connectivity index (χ3n) is 4.58. The quantitative estimate of drug-likeness (QED) is 0.716. The van der Waals surface area contributed by atoms with Gasteiger partial charge in [0.25, 0.3) is 0 Å². The number of thiazole rings is 1. The summed E-state index contributed by atoms with van der Waals surface area (Å²) in [5, 5.41) is 4.98. The summed E-state index contributed by atoms with van der Waals surface area (Å²) in [6.07, 6.45) is 2.64. The summed E-state index contributed by atoms with van der Waals surface area (Å²) >= 11 is 1.35. The number of fused-ring (bicyclic) bond motifs is 3. The Bertz CT molecular complexity index is 1050. The molecular formula is C19H16FN3O2S. The summed E-state index contributed by atoms with van der Waals surface area (Å²) in [5.41, 5.74) is 0.745. The van der Waals surface area contributed by atoms with E-state index in [1.165, 1.54) is 34.4 Å². The molecule has 1 fully saturated rings. The molecule has 3 aromatic rings. The number of carbonyl (C=O) groups excluding carboxylic acids is 2. The second-order valence-electron chi connectivity index (χ2n) is 6.18. The highest BCUT2D eigenvalue weighted by Gasteiger charge is 2.33. The molecule has 2 aromatic carbocycles. The van der Waals surface area contributed by atoms with Gasteiger partial charge >= 0.3 is 0 Å². The zero-order valence-electron chi connectivity index (χ0n) is 13.9. The van der Waals surface area contributed by atoms with Crippen molar-refractivity contribution in [2.45, 2.75) is 18.9 Å².